The van der Waals surface area contributed by atoms with E-state index in [2.05, 4.69) is 48.0 Å². The van der Waals surface area contributed by atoms with Crippen molar-refractivity contribution < 1.29 is 9.13 Å². The molecular formula is C16H16BrFO. The fourth-order valence-corrected chi connectivity index (χ4v) is 2.52. The van der Waals surface area contributed by atoms with Gasteiger partial charge in [0.15, 0.2) is 11.6 Å². The van der Waals surface area contributed by atoms with E-state index in [-0.39, 0.29) is 16.4 Å². The molecule has 1 nitrogen and oxygen atoms in total. The monoisotopic (exact) mass is 322 g/mol. The molecule has 19 heavy (non-hydrogen) atoms. The van der Waals surface area contributed by atoms with E-state index in [4.69, 9.17) is 4.74 Å². The predicted octanol–water partition coefficient (Wildman–Crippen LogP) is 4.94. The molecule has 0 aromatic heterocycles. The third-order valence-corrected chi connectivity index (χ3v) is 4.35. The molecule has 0 bridgehead atoms. The molecule has 0 spiro atoms. The van der Waals surface area contributed by atoms with Crippen LogP contribution in [-0.2, 0) is 0 Å². The zero-order valence-electron chi connectivity index (χ0n) is 11.2. The minimum atomic E-state index is -0.340. The molecule has 0 aliphatic rings. The van der Waals surface area contributed by atoms with Gasteiger partial charge in [0.1, 0.15) is 0 Å². The van der Waals surface area contributed by atoms with E-state index in [1.54, 1.807) is 6.07 Å². The van der Waals surface area contributed by atoms with Crippen LogP contribution in [0.25, 0.3) is 0 Å². The van der Waals surface area contributed by atoms with Crippen molar-refractivity contribution in [1.82, 2.24) is 0 Å². The molecule has 2 aromatic rings. The maximum atomic E-state index is 13.7. The van der Waals surface area contributed by atoms with E-state index in [1.165, 1.54) is 24.3 Å². The molecule has 0 aliphatic heterocycles. The minimum absolute atomic E-state index is 0.0211. The van der Waals surface area contributed by atoms with E-state index in [1.807, 2.05) is 6.07 Å². The Morgan fingerprint density at radius 3 is 2.21 bits per heavy atom. The van der Waals surface area contributed by atoms with Gasteiger partial charge in [-0.15, -0.1) is 0 Å². The number of alkyl halides is 1. The Morgan fingerprint density at radius 1 is 1.00 bits per heavy atom. The number of rotatable bonds is 3. The van der Waals surface area contributed by atoms with Crippen molar-refractivity contribution >= 4 is 15.9 Å². The molecule has 2 rings (SSSR count). The summed E-state index contributed by atoms with van der Waals surface area (Å²) in [4.78, 5) is -0.0211. The van der Waals surface area contributed by atoms with E-state index < -0.39 is 0 Å². The van der Waals surface area contributed by atoms with Crippen LogP contribution in [0, 0.1) is 19.7 Å². The Kier molecular flexibility index (Phi) is 4.25. The summed E-state index contributed by atoms with van der Waals surface area (Å²) in [5.41, 5.74) is 4.48. The normalized spacial score (nSPS) is 12.3. The highest BCUT2D eigenvalue weighted by atomic mass is 79.9. The van der Waals surface area contributed by atoms with E-state index in [0.29, 0.717) is 0 Å². The Hall–Kier alpha value is -1.35. The molecular weight excluding hydrogens is 307 g/mol. The van der Waals surface area contributed by atoms with Crippen LogP contribution in [0.1, 0.15) is 27.1 Å². The highest BCUT2D eigenvalue weighted by molar-refractivity contribution is 9.09. The van der Waals surface area contributed by atoms with Crippen LogP contribution < -0.4 is 4.74 Å². The van der Waals surface area contributed by atoms with Crippen molar-refractivity contribution in [3.05, 3.63) is 64.5 Å². The first-order valence-electron chi connectivity index (χ1n) is 6.07. The van der Waals surface area contributed by atoms with Gasteiger partial charge in [-0.25, -0.2) is 4.39 Å². The summed E-state index contributed by atoms with van der Waals surface area (Å²) in [6.07, 6.45) is 0. The number of benzene rings is 2. The molecule has 2 aromatic carbocycles. The average molecular weight is 323 g/mol. The third-order valence-electron chi connectivity index (χ3n) is 3.29. The molecule has 0 saturated heterocycles. The molecule has 3 heteroatoms. The van der Waals surface area contributed by atoms with Gasteiger partial charge in [0, 0.05) is 0 Å². The zero-order valence-corrected chi connectivity index (χ0v) is 12.8. The van der Waals surface area contributed by atoms with Crippen molar-refractivity contribution in [3.63, 3.8) is 0 Å². The minimum Gasteiger partial charge on any atom is -0.494 e. The second-order valence-electron chi connectivity index (χ2n) is 4.60. The number of halogens is 2. The standard InChI is InChI=1S/C16H16BrFO/c1-10-4-5-12(8-11(10)2)16(17)13-6-7-15(19-3)14(18)9-13/h4-9,16H,1-3H3. The summed E-state index contributed by atoms with van der Waals surface area (Å²) in [6, 6.07) is 11.3. The number of hydrogen-bond acceptors (Lipinski definition) is 1. The summed E-state index contributed by atoms with van der Waals surface area (Å²) in [5.74, 6) is -0.0724. The summed E-state index contributed by atoms with van der Waals surface area (Å²) < 4.78 is 18.7. The number of hydrogen-bond donors (Lipinski definition) is 0. The van der Waals surface area contributed by atoms with Gasteiger partial charge in [-0.1, -0.05) is 40.2 Å². The number of aryl methyl sites for hydroxylation is 2. The third kappa shape index (κ3) is 2.98. The van der Waals surface area contributed by atoms with Gasteiger partial charge >= 0.3 is 0 Å². The lowest BCUT2D eigenvalue weighted by atomic mass is 10.0. The molecule has 100 valence electrons. The van der Waals surface area contributed by atoms with E-state index in [0.717, 1.165) is 11.1 Å². The van der Waals surface area contributed by atoms with Gasteiger partial charge in [0.05, 0.1) is 11.9 Å². The second kappa shape index (κ2) is 5.74. The smallest absolute Gasteiger partial charge is 0.165 e. The van der Waals surface area contributed by atoms with Gasteiger partial charge in [0.25, 0.3) is 0 Å². The van der Waals surface area contributed by atoms with Crippen LogP contribution >= 0.6 is 15.9 Å². The summed E-state index contributed by atoms with van der Waals surface area (Å²) in [7, 11) is 1.47. The lowest BCUT2D eigenvalue weighted by molar-refractivity contribution is 0.386. The first kappa shape index (κ1) is 14.1. The van der Waals surface area contributed by atoms with Crippen LogP contribution in [0.15, 0.2) is 36.4 Å². The maximum Gasteiger partial charge on any atom is 0.165 e. The summed E-state index contributed by atoms with van der Waals surface area (Å²) in [5, 5.41) is 0. The van der Waals surface area contributed by atoms with Crippen LogP contribution in [0.5, 0.6) is 5.75 Å². The average Bonchev–Trinajstić information content (AvgIpc) is 2.41. The first-order valence-corrected chi connectivity index (χ1v) is 6.99. The first-order chi connectivity index (χ1) is 9.02. The Labute approximate surface area is 121 Å². The SMILES string of the molecule is COc1ccc(C(Br)c2ccc(C)c(C)c2)cc1F. The molecule has 0 radical (unpaired) electrons. The van der Waals surface area contributed by atoms with Crippen LogP contribution in [0.4, 0.5) is 4.39 Å². The van der Waals surface area contributed by atoms with Crippen molar-refractivity contribution in [1.29, 1.82) is 0 Å². The van der Waals surface area contributed by atoms with Crippen LogP contribution in [-0.4, -0.2) is 7.11 Å². The summed E-state index contributed by atoms with van der Waals surface area (Å²) in [6.45, 7) is 4.16. The topological polar surface area (TPSA) is 9.23 Å². The molecule has 0 N–H and O–H groups in total. The molecule has 0 saturated carbocycles. The lowest BCUT2D eigenvalue weighted by Crippen LogP contribution is -1.96. The Bertz CT molecular complexity index is 595. The highest BCUT2D eigenvalue weighted by Gasteiger charge is 2.13. The highest BCUT2D eigenvalue weighted by Crippen LogP contribution is 2.33. The second-order valence-corrected chi connectivity index (χ2v) is 5.52. The van der Waals surface area contributed by atoms with Crippen LogP contribution in [0.3, 0.4) is 0 Å². The predicted molar refractivity (Wildman–Crippen MR) is 79.6 cm³/mol. The quantitative estimate of drug-likeness (QED) is 0.727. The molecule has 0 heterocycles. The van der Waals surface area contributed by atoms with Crippen molar-refractivity contribution in [3.8, 4) is 5.75 Å². The largest absolute Gasteiger partial charge is 0.494 e. The van der Waals surface area contributed by atoms with E-state index in [9.17, 15) is 4.39 Å². The maximum absolute atomic E-state index is 13.7. The van der Waals surface area contributed by atoms with Crippen molar-refractivity contribution in [2.75, 3.05) is 7.11 Å². The fraction of sp³-hybridized carbons (Fsp3) is 0.250. The van der Waals surface area contributed by atoms with Gasteiger partial charge in [-0.2, -0.15) is 0 Å². The Balaban J connectivity index is 2.35. The molecule has 0 fully saturated rings. The summed E-state index contributed by atoms with van der Waals surface area (Å²) >= 11 is 3.63. The molecule has 0 amide bonds. The molecule has 1 atom stereocenters. The number of methoxy groups -OCH3 is 1. The van der Waals surface area contributed by atoms with Crippen molar-refractivity contribution in [2.24, 2.45) is 0 Å². The van der Waals surface area contributed by atoms with Gasteiger partial charge < -0.3 is 4.74 Å². The fourth-order valence-electron chi connectivity index (χ4n) is 1.95. The van der Waals surface area contributed by atoms with Gasteiger partial charge in [-0.3, -0.25) is 0 Å². The van der Waals surface area contributed by atoms with Gasteiger partial charge in [-0.05, 0) is 48.2 Å². The lowest BCUT2D eigenvalue weighted by Gasteiger charge is -2.13. The van der Waals surface area contributed by atoms with Crippen LogP contribution in [0.2, 0.25) is 0 Å². The number of ether oxygens (including phenoxy) is 1. The molecule has 0 aliphatic carbocycles. The van der Waals surface area contributed by atoms with E-state index >= 15 is 0 Å². The van der Waals surface area contributed by atoms with Crippen molar-refractivity contribution in [2.45, 2.75) is 18.7 Å². The van der Waals surface area contributed by atoms with Gasteiger partial charge in [0.2, 0.25) is 0 Å². The Morgan fingerprint density at radius 2 is 1.63 bits per heavy atom. The zero-order chi connectivity index (χ0) is 14.0. The molecule has 1 unspecified atom stereocenters.